The van der Waals surface area contributed by atoms with Crippen LogP contribution in [0.25, 0.3) is 21.9 Å². The van der Waals surface area contributed by atoms with E-state index in [0.717, 1.165) is 34.1 Å². The average Bonchev–Trinajstić information content (AvgIpc) is 2.94. The van der Waals surface area contributed by atoms with Gasteiger partial charge in [-0.1, -0.05) is 0 Å². The van der Waals surface area contributed by atoms with Gasteiger partial charge in [0.15, 0.2) is 0 Å². The van der Waals surface area contributed by atoms with E-state index in [1.54, 1.807) is 6.33 Å². The van der Waals surface area contributed by atoms with Crippen molar-refractivity contribution in [1.82, 2.24) is 19.5 Å². The van der Waals surface area contributed by atoms with Crippen molar-refractivity contribution >= 4 is 27.8 Å². The summed E-state index contributed by atoms with van der Waals surface area (Å²) in [5.41, 5.74) is 2.75. The molecule has 0 unspecified atom stereocenters. The van der Waals surface area contributed by atoms with Crippen molar-refractivity contribution in [3.63, 3.8) is 0 Å². The van der Waals surface area contributed by atoms with Gasteiger partial charge in [-0.15, -0.1) is 0 Å². The lowest BCUT2D eigenvalue weighted by molar-refractivity contribution is 0.587. The highest BCUT2D eigenvalue weighted by Gasteiger charge is 2.10. The summed E-state index contributed by atoms with van der Waals surface area (Å²) in [5, 5.41) is 3.86. The third-order valence-corrected chi connectivity index (χ3v) is 3.94. The second-order valence-electron chi connectivity index (χ2n) is 5.53. The molecule has 0 amide bonds. The molecule has 0 bridgehead atoms. The van der Waals surface area contributed by atoms with E-state index >= 15 is 0 Å². The normalized spacial score (nSPS) is 11.3. The number of hydrogen-bond donors (Lipinski definition) is 1. The lowest BCUT2D eigenvalue weighted by Gasteiger charge is -2.09. The van der Waals surface area contributed by atoms with Crippen LogP contribution in [0.2, 0.25) is 0 Å². The van der Waals surface area contributed by atoms with Gasteiger partial charge in [0, 0.05) is 24.5 Å². The molecule has 5 nitrogen and oxygen atoms in total. The van der Waals surface area contributed by atoms with Gasteiger partial charge in [0.05, 0.1) is 22.9 Å². The van der Waals surface area contributed by atoms with Crippen LogP contribution in [0.3, 0.4) is 0 Å². The first-order valence-electron chi connectivity index (χ1n) is 7.35. The summed E-state index contributed by atoms with van der Waals surface area (Å²) in [6.07, 6.45) is 3.16. The lowest BCUT2D eigenvalue weighted by Crippen LogP contribution is -2.05. The van der Waals surface area contributed by atoms with Crippen LogP contribution in [0.1, 0.15) is 5.56 Å². The molecule has 4 rings (SSSR count). The Hall–Kier alpha value is -3.09. The number of aromatic nitrogens is 4. The summed E-state index contributed by atoms with van der Waals surface area (Å²) >= 11 is 0. The Balaban J connectivity index is 1.74. The van der Waals surface area contributed by atoms with E-state index in [1.165, 1.54) is 12.4 Å². The smallest absolute Gasteiger partial charge is 0.137 e. The maximum Gasteiger partial charge on any atom is 0.137 e. The van der Waals surface area contributed by atoms with Gasteiger partial charge in [0.25, 0.3) is 0 Å². The first-order valence-corrected chi connectivity index (χ1v) is 7.35. The largest absolute Gasteiger partial charge is 0.365 e. The highest BCUT2D eigenvalue weighted by atomic mass is 19.1. The molecule has 0 aliphatic heterocycles. The number of imidazole rings is 1. The molecule has 2 aromatic carbocycles. The molecular weight excluding hydrogens is 312 g/mol. The molecule has 0 saturated heterocycles. The molecule has 0 atom stereocenters. The van der Waals surface area contributed by atoms with Crippen LogP contribution < -0.4 is 5.32 Å². The second kappa shape index (κ2) is 5.52. The topological polar surface area (TPSA) is 55.6 Å². The molecule has 120 valence electrons. The zero-order chi connectivity index (χ0) is 16.7. The third-order valence-electron chi connectivity index (χ3n) is 3.94. The molecule has 0 saturated carbocycles. The Bertz CT molecular complexity index is 1060. The van der Waals surface area contributed by atoms with E-state index in [2.05, 4.69) is 20.3 Å². The van der Waals surface area contributed by atoms with Crippen molar-refractivity contribution in [2.45, 2.75) is 6.54 Å². The van der Waals surface area contributed by atoms with E-state index in [1.807, 2.05) is 23.7 Å². The van der Waals surface area contributed by atoms with Gasteiger partial charge < -0.3 is 9.88 Å². The Morgan fingerprint density at radius 2 is 1.92 bits per heavy atom. The fourth-order valence-corrected chi connectivity index (χ4v) is 2.68. The highest BCUT2D eigenvalue weighted by Crippen LogP contribution is 2.25. The van der Waals surface area contributed by atoms with E-state index in [9.17, 15) is 8.78 Å². The lowest BCUT2D eigenvalue weighted by atomic mass is 10.2. The zero-order valence-corrected chi connectivity index (χ0v) is 12.8. The van der Waals surface area contributed by atoms with E-state index in [4.69, 9.17) is 0 Å². The van der Waals surface area contributed by atoms with Crippen molar-refractivity contribution in [3.05, 3.63) is 60.2 Å². The number of benzene rings is 2. The molecule has 2 heterocycles. The summed E-state index contributed by atoms with van der Waals surface area (Å²) in [4.78, 5) is 12.8. The van der Waals surface area contributed by atoms with Crippen LogP contribution in [-0.4, -0.2) is 19.5 Å². The van der Waals surface area contributed by atoms with Crippen LogP contribution >= 0.6 is 0 Å². The highest BCUT2D eigenvalue weighted by molar-refractivity contribution is 5.98. The molecule has 1 N–H and O–H groups in total. The molecule has 0 spiro atoms. The molecule has 24 heavy (non-hydrogen) atoms. The van der Waals surface area contributed by atoms with Crippen molar-refractivity contribution in [2.24, 2.45) is 7.05 Å². The number of fused-ring (bicyclic) bond motifs is 2. The summed E-state index contributed by atoms with van der Waals surface area (Å²) in [6.45, 7) is 0.124. The Morgan fingerprint density at radius 1 is 1.04 bits per heavy atom. The first-order chi connectivity index (χ1) is 11.6. The van der Waals surface area contributed by atoms with Crippen molar-refractivity contribution in [1.29, 1.82) is 0 Å². The number of nitrogens with zero attached hydrogens (tertiary/aromatic N) is 4. The van der Waals surface area contributed by atoms with Gasteiger partial charge in [-0.2, -0.15) is 0 Å². The average molecular weight is 325 g/mol. The fourth-order valence-electron chi connectivity index (χ4n) is 2.68. The van der Waals surface area contributed by atoms with E-state index in [-0.39, 0.29) is 12.1 Å². The predicted molar refractivity (Wildman–Crippen MR) is 87.5 cm³/mol. The molecule has 0 aliphatic rings. The number of aryl methyl sites for hydroxylation is 1. The van der Waals surface area contributed by atoms with E-state index < -0.39 is 11.6 Å². The standard InChI is InChI=1S/C17H13F2N5/c1-24-9-23-15-6-14-12(5-16(15)24)17(22-8-21-14)20-7-10-4-11(18)2-3-13(10)19/h2-6,8-9H,7H2,1H3,(H,20,21,22). The second-order valence-corrected chi connectivity index (χ2v) is 5.53. The minimum Gasteiger partial charge on any atom is -0.365 e. The molecule has 0 aliphatic carbocycles. The monoisotopic (exact) mass is 325 g/mol. The zero-order valence-electron chi connectivity index (χ0n) is 12.8. The molecular formula is C17H13F2N5. The van der Waals surface area contributed by atoms with Crippen LogP contribution in [-0.2, 0) is 13.6 Å². The number of hydrogen-bond acceptors (Lipinski definition) is 4. The van der Waals surface area contributed by atoms with Gasteiger partial charge >= 0.3 is 0 Å². The van der Waals surface area contributed by atoms with Gasteiger partial charge in [-0.25, -0.2) is 23.7 Å². The van der Waals surface area contributed by atoms with E-state index in [0.29, 0.717) is 5.82 Å². The van der Waals surface area contributed by atoms with Crippen LogP contribution in [0.4, 0.5) is 14.6 Å². The number of nitrogens with one attached hydrogen (secondary N) is 1. The third kappa shape index (κ3) is 2.44. The summed E-state index contributed by atoms with van der Waals surface area (Å²) in [6, 6.07) is 7.19. The fraction of sp³-hybridized carbons (Fsp3) is 0.118. The summed E-state index contributed by atoms with van der Waals surface area (Å²) in [7, 11) is 1.90. The maximum absolute atomic E-state index is 13.8. The predicted octanol–water partition coefficient (Wildman–Crippen LogP) is 3.41. The number of rotatable bonds is 3. The number of anilines is 1. The minimum absolute atomic E-state index is 0.124. The number of halogens is 2. The molecule has 4 aromatic rings. The van der Waals surface area contributed by atoms with Gasteiger partial charge in [0.2, 0.25) is 0 Å². The Morgan fingerprint density at radius 3 is 2.79 bits per heavy atom. The van der Waals surface area contributed by atoms with Crippen molar-refractivity contribution in [2.75, 3.05) is 5.32 Å². The first kappa shape index (κ1) is 14.5. The Kier molecular flexibility index (Phi) is 3.34. The van der Waals surface area contributed by atoms with Crippen molar-refractivity contribution in [3.8, 4) is 0 Å². The quantitative estimate of drug-likeness (QED) is 0.627. The van der Waals surface area contributed by atoms with Crippen molar-refractivity contribution < 1.29 is 8.78 Å². The van der Waals surface area contributed by atoms with Crippen LogP contribution in [0, 0.1) is 11.6 Å². The Labute approximate surface area is 136 Å². The van der Waals surface area contributed by atoms with Gasteiger partial charge in [-0.3, -0.25) is 0 Å². The van der Waals surface area contributed by atoms with Gasteiger partial charge in [0.1, 0.15) is 23.8 Å². The van der Waals surface area contributed by atoms with Gasteiger partial charge in [-0.05, 0) is 30.3 Å². The molecule has 0 radical (unpaired) electrons. The summed E-state index contributed by atoms with van der Waals surface area (Å²) < 4.78 is 28.9. The summed E-state index contributed by atoms with van der Waals surface area (Å²) in [5.74, 6) is -0.375. The molecule has 7 heteroatoms. The van der Waals surface area contributed by atoms with Crippen LogP contribution in [0.5, 0.6) is 0 Å². The SMILES string of the molecule is Cn1cnc2cc3ncnc(NCc4cc(F)ccc4F)c3cc21. The van der Waals surface area contributed by atoms with Crippen LogP contribution in [0.15, 0.2) is 43.0 Å². The minimum atomic E-state index is -0.475. The molecule has 0 fully saturated rings. The maximum atomic E-state index is 13.8. The molecule has 2 aromatic heterocycles.